The lowest BCUT2D eigenvalue weighted by Gasteiger charge is -1.92. The summed E-state index contributed by atoms with van der Waals surface area (Å²) in [4.78, 5) is 10.7. The highest BCUT2D eigenvalue weighted by Crippen LogP contribution is 2.16. The first-order valence-electron chi connectivity index (χ1n) is 4.01. The van der Waals surface area contributed by atoms with Gasteiger partial charge in [-0.1, -0.05) is 6.07 Å². The first kappa shape index (κ1) is 7.86. The Kier molecular flexibility index (Phi) is 1.77. The number of hydrogen-bond acceptors (Lipinski definition) is 2. The van der Waals surface area contributed by atoms with Gasteiger partial charge in [-0.25, -0.2) is 0 Å². The Hall–Kier alpha value is -1.77. The quantitative estimate of drug-likeness (QED) is 0.619. The van der Waals surface area contributed by atoms with Gasteiger partial charge in [0, 0.05) is 24.7 Å². The summed E-state index contributed by atoms with van der Waals surface area (Å²) in [6, 6.07) is 7.63. The molecule has 0 saturated carbocycles. The highest BCUT2D eigenvalue weighted by atomic mass is 16.5. The van der Waals surface area contributed by atoms with Gasteiger partial charge in [0.15, 0.2) is 0 Å². The Balaban J connectivity index is 2.44. The van der Waals surface area contributed by atoms with Gasteiger partial charge in [0.2, 0.25) is 0 Å². The van der Waals surface area contributed by atoms with E-state index < -0.39 is 0 Å². The van der Waals surface area contributed by atoms with Crippen molar-refractivity contribution in [3.63, 3.8) is 0 Å². The SMILES string of the molecule is CC(=O)Oc1cc2ccccn2c1. The van der Waals surface area contributed by atoms with E-state index in [-0.39, 0.29) is 5.97 Å². The fourth-order valence-corrected chi connectivity index (χ4v) is 1.25. The molecule has 13 heavy (non-hydrogen) atoms. The van der Waals surface area contributed by atoms with Crippen LogP contribution < -0.4 is 4.74 Å². The Bertz CT molecular complexity index is 412. The summed E-state index contributed by atoms with van der Waals surface area (Å²) in [5.41, 5.74) is 1.01. The molecule has 0 saturated heterocycles. The third-order valence-electron chi connectivity index (χ3n) is 1.74. The van der Waals surface area contributed by atoms with Crippen molar-refractivity contribution in [1.29, 1.82) is 0 Å². The number of rotatable bonds is 1. The third-order valence-corrected chi connectivity index (χ3v) is 1.74. The summed E-state index contributed by atoms with van der Waals surface area (Å²) in [6.07, 6.45) is 3.68. The molecule has 2 heterocycles. The summed E-state index contributed by atoms with van der Waals surface area (Å²) < 4.78 is 6.84. The van der Waals surface area contributed by atoms with Gasteiger partial charge in [0.25, 0.3) is 0 Å². The van der Waals surface area contributed by atoms with Crippen LogP contribution in [0.15, 0.2) is 36.7 Å². The molecular weight excluding hydrogens is 166 g/mol. The van der Waals surface area contributed by atoms with Crippen LogP contribution in [0.2, 0.25) is 0 Å². The van der Waals surface area contributed by atoms with Crippen LogP contribution in [0.4, 0.5) is 0 Å². The average Bonchev–Trinajstić information content (AvgIpc) is 2.44. The van der Waals surface area contributed by atoms with Crippen LogP contribution in [0, 0.1) is 0 Å². The largest absolute Gasteiger partial charge is 0.425 e. The van der Waals surface area contributed by atoms with Crippen molar-refractivity contribution in [2.45, 2.75) is 6.92 Å². The molecule has 0 aromatic carbocycles. The van der Waals surface area contributed by atoms with E-state index in [4.69, 9.17) is 4.74 Å². The number of ether oxygens (including phenoxy) is 1. The summed E-state index contributed by atoms with van der Waals surface area (Å²) >= 11 is 0. The van der Waals surface area contributed by atoms with E-state index in [1.807, 2.05) is 34.9 Å². The zero-order valence-electron chi connectivity index (χ0n) is 7.23. The Labute approximate surface area is 75.6 Å². The molecule has 0 N–H and O–H groups in total. The number of fused-ring (bicyclic) bond motifs is 1. The highest BCUT2D eigenvalue weighted by molar-refractivity contribution is 5.70. The van der Waals surface area contributed by atoms with Crippen molar-refractivity contribution in [2.24, 2.45) is 0 Å². The van der Waals surface area contributed by atoms with E-state index in [0.717, 1.165) is 5.52 Å². The Morgan fingerprint density at radius 3 is 3.00 bits per heavy atom. The molecule has 0 unspecified atom stereocenters. The predicted octanol–water partition coefficient (Wildman–Crippen LogP) is 1.86. The van der Waals surface area contributed by atoms with Gasteiger partial charge in [0.1, 0.15) is 5.75 Å². The van der Waals surface area contributed by atoms with Crippen molar-refractivity contribution in [3.05, 3.63) is 36.7 Å². The molecule has 0 aliphatic rings. The molecule has 66 valence electrons. The number of carbonyl (C=O) groups excluding carboxylic acids is 1. The van der Waals surface area contributed by atoms with Crippen molar-refractivity contribution in [1.82, 2.24) is 4.40 Å². The lowest BCUT2D eigenvalue weighted by Crippen LogP contribution is -1.99. The number of aromatic nitrogens is 1. The molecule has 3 heteroatoms. The minimum absolute atomic E-state index is 0.295. The van der Waals surface area contributed by atoms with Gasteiger partial charge in [-0.3, -0.25) is 4.79 Å². The van der Waals surface area contributed by atoms with E-state index in [1.54, 1.807) is 6.20 Å². The summed E-state index contributed by atoms with van der Waals surface area (Å²) in [6.45, 7) is 1.39. The molecule has 0 fully saturated rings. The molecule has 2 aromatic heterocycles. The molecule has 0 aliphatic heterocycles. The molecule has 3 nitrogen and oxygen atoms in total. The first-order valence-corrected chi connectivity index (χ1v) is 4.01. The van der Waals surface area contributed by atoms with Crippen LogP contribution >= 0.6 is 0 Å². The van der Waals surface area contributed by atoms with Gasteiger partial charge in [-0.2, -0.15) is 0 Å². The second-order valence-electron chi connectivity index (χ2n) is 2.80. The standard InChI is InChI=1S/C10H9NO2/c1-8(12)13-10-6-9-4-2-3-5-11(9)7-10/h2-7H,1H3. The molecular formula is C10H9NO2. The second kappa shape index (κ2) is 2.94. The Morgan fingerprint density at radius 1 is 1.46 bits per heavy atom. The fraction of sp³-hybridized carbons (Fsp3) is 0.100. The highest BCUT2D eigenvalue weighted by Gasteiger charge is 2.01. The van der Waals surface area contributed by atoms with E-state index in [0.29, 0.717) is 5.75 Å². The minimum Gasteiger partial charge on any atom is -0.425 e. The number of hydrogen-bond donors (Lipinski definition) is 0. The summed E-state index contributed by atoms with van der Waals surface area (Å²) in [7, 11) is 0. The topological polar surface area (TPSA) is 30.7 Å². The second-order valence-corrected chi connectivity index (χ2v) is 2.80. The molecule has 0 amide bonds. The minimum atomic E-state index is -0.295. The van der Waals surface area contributed by atoms with Crippen molar-refractivity contribution in [2.75, 3.05) is 0 Å². The molecule has 0 atom stereocenters. The molecule has 0 aliphatic carbocycles. The molecule has 0 spiro atoms. The Morgan fingerprint density at radius 2 is 2.31 bits per heavy atom. The number of carbonyl (C=O) groups is 1. The molecule has 2 aromatic rings. The molecule has 2 rings (SSSR count). The maximum absolute atomic E-state index is 10.7. The lowest BCUT2D eigenvalue weighted by atomic mass is 10.4. The van der Waals surface area contributed by atoms with Crippen molar-refractivity contribution in [3.8, 4) is 5.75 Å². The zero-order valence-corrected chi connectivity index (χ0v) is 7.23. The maximum Gasteiger partial charge on any atom is 0.308 e. The smallest absolute Gasteiger partial charge is 0.308 e. The predicted molar refractivity (Wildman–Crippen MR) is 48.7 cm³/mol. The molecule has 0 radical (unpaired) electrons. The van der Waals surface area contributed by atoms with E-state index in [9.17, 15) is 4.79 Å². The van der Waals surface area contributed by atoms with Gasteiger partial charge < -0.3 is 9.14 Å². The van der Waals surface area contributed by atoms with E-state index in [2.05, 4.69) is 0 Å². The van der Waals surface area contributed by atoms with Crippen LogP contribution in [0.3, 0.4) is 0 Å². The van der Waals surface area contributed by atoms with Crippen molar-refractivity contribution >= 4 is 11.5 Å². The van der Waals surface area contributed by atoms with Crippen LogP contribution in [-0.2, 0) is 4.79 Å². The molecule has 0 bridgehead atoms. The van der Waals surface area contributed by atoms with Crippen LogP contribution in [0.5, 0.6) is 5.75 Å². The normalized spacial score (nSPS) is 10.2. The number of esters is 1. The third kappa shape index (κ3) is 1.54. The van der Waals surface area contributed by atoms with Crippen LogP contribution in [0.1, 0.15) is 6.92 Å². The van der Waals surface area contributed by atoms with Crippen molar-refractivity contribution < 1.29 is 9.53 Å². The van der Waals surface area contributed by atoms with Crippen LogP contribution in [0.25, 0.3) is 5.52 Å². The monoisotopic (exact) mass is 175 g/mol. The number of nitrogens with zero attached hydrogens (tertiary/aromatic N) is 1. The van der Waals surface area contributed by atoms with Gasteiger partial charge >= 0.3 is 5.97 Å². The van der Waals surface area contributed by atoms with Gasteiger partial charge in [0.05, 0.1) is 6.20 Å². The van der Waals surface area contributed by atoms with Gasteiger partial charge in [-0.05, 0) is 12.1 Å². The summed E-state index contributed by atoms with van der Waals surface area (Å²) in [5.74, 6) is 0.287. The first-order chi connectivity index (χ1) is 6.25. The summed E-state index contributed by atoms with van der Waals surface area (Å²) in [5, 5.41) is 0. The van der Waals surface area contributed by atoms with E-state index in [1.165, 1.54) is 6.92 Å². The maximum atomic E-state index is 10.7. The lowest BCUT2D eigenvalue weighted by molar-refractivity contribution is -0.131. The van der Waals surface area contributed by atoms with Gasteiger partial charge in [-0.15, -0.1) is 0 Å². The average molecular weight is 175 g/mol. The zero-order chi connectivity index (χ0) is 9.26. The van der Waals surface area contributed by atoms with E-state index >= 15 is 0 Å². The number of pyridine rings is 1. The van der Waals surface area contributed by atoms with Crippen LogP contribution in [-0.4, -0.2) is 10.4 Å². The fourth-order valence-electron chi connectivity index (χ4n) is 1.25.